The molecule has 0 spiro atoms. The Hall–Kier alpha value is -2.63. The van der Waals surface area contributed by atoms with E-state index in [1.54, 1.807) is 18.5 Å². The minimum atomic E-state index is -0.128. The molecule has 0 saturated carbocycles. The van der Waals surface area contributed by atoms with Gasteiger partial charge in [-0.1, -0.05) is 6.07 Å². The summed E-state index contributed by atoms with van der Waals surface area (Å²) >= 11 is 0. The SMILES string of the molecule is Nc1cccc2c1CCCN2CC(=O)Nc1ncccn1. The van der Waals surface area contributed by atoms with Crippen LogP contribution in [0.3, 0.4) is 0 Å². The second-order valence-electron chi connectivity index (χ2n) is 4.99. The molecule has 108 valence electrons. The van der Waals surface area contributed by atoms with Gasteiger partial charge in [0.05, 0.1) is 6.54 Å². The fourth-order valence-electron chi connectivity index (χ4n) is 2.59. The Morgan fingerprint density at radius 1 is 1.29 bits per heavy atom. The van der Waals surface area contributed by atoms with Gasteiger partial charge in [-0.3, -0.25) is 10.1 Å². The van der Waals surface area contributed by atoms with Crippen LogP contribution in [0.2, 0.25) is 0 Å². The number of carbonyl (C=O) groups is 1. The summed E-state index contributed by atoms with van der Waals surface area (Å²) in [5.74, 6) is 0.198. The molecule has 0 unspecified atom stereocenters. The van der Waals surface area contributed by atoms with Gasteiger partial charge in [0.15, 0.2) is 0 Å². The van der Waals surface area contributed by atoms with Crippen LogP contribution in [0, 0.1) is 0 Å². The van der Waals surface area contributed by atoms with E-state index in [1.807, 2.05) is 23.1 Å². The number of nitrogen functional groups attached to an aromatic ring is 1. The quantitative estimate of drug-likeness (QED) is 0.833. The lowest BCUT2D eigenvalue weighted by atomic mass is 10.00. The van der Waals surface area contributed by atoms with E-state index in [2.05, 4.69) is 15.3 Å². The molecule has 1 aliphatic rings. The average Bonchev–Trinajstić information content (AvgIpc) is 2.49. The van der Waals surface area contributed by atoms with Crippen LogP contribution < -0.4 is 16.0 Å². The van der Waals surface area contributed by atoms with Gasteiger partial charge < -0.3 is 10.6 Å². The zero-order chi connectivity index (χ0) is 14.7. The lowest BCUT2D eigenvalue weighted by Crippen LogP contribution is -2.37. The van der Waals surface area contributed by atoms with E-state index in [1.165, 1.54) is 0 Å². The first kappa shape index (κ1) is 13.4. The van der Waals surface area contributed by atoms with Crippen molar-refractivity contribution in [2.45, 2.75) is 12.8 Å². The first-order valence-corrected chi connectivity index (χ1v) is 6.93. The van der Waals surface area contributed by atoms with Crippen LogP contribution >= 0.6 is 0 Å². The first-order valence-electron chi connectivity index (χ1n) is 6.93. The molecule has 0 radical (unpaired) electrons. The molecule has 0 bridgehead atoms. The molecular weight excluding hydrogens is 266 g/mol. The second-order valence-corrected chi connectivity index (χ2v) is 4.99. The predicted molar refractivity (Wildman–Crippen MR) is 82.1 cm³/mol. The molecule has 0 fully saturated rings. The molecule has 3 N–H and O–H groups in total. The Bertz CT molecular complexity index is 644. The third-order valence-electron chi connectivity index (χ3n) is 3.53. The van der Waals surface area contributed by atoms with Crippen molar-refractivity contribution in [3.05, 3.63) is 42.2 Å². The van der Waals surface area contributed by atoms with E-state index >= 15 is 0 Å². The van der Waals surface area contributed by atoms with E-state index in [-0.39, 0.29) is 12.5 Å². The van der Waals surface area contributed by atoms with Crippen molar-refractivity contribution in [2.24, 2.45) is 0 Å². The lowest BCUT2D eigenvalue weighted by Gasteiger charge is -2.31. The normalized spacial score (nSPS) is 13.6. The third kappa shape index (κ3) is 2.94. The maximum absolute atomic E-state index is 12.1. The number of nitrogens with zero attached hydrogens (tertiary/aromatic N) is 3. The number of benzene rings is 1. The van der Waals surface area contributed by atoms with Crippen LogP contribution in [-0.4, -0.2) is 29.0 Å². The smallest absolute Gasteiger partial charge is 0.246 e. The number of anilines is 3. The molecule has 1 aliphatic heterocycles. The molecule has 0 saturated heterocycles. The lowest BCUT2D eigenvalue weighted by molar-refractivity contribution is -0.115. The van der Waals surface area contributed by atoms with Crippen molar-refractivity contribution in [1.82, 2.24) is 9.97 Å². The van der Waals surface area contributed by atoms with Crippen LogP contribution in [0.15, 0.2) is 36.7 Å². The van der Waals surface area contributed by atoms with Crippen molar-refractivity contribution in [3.63, 3.8) is 0 Å². The summed E-state index contributed by atoms with van der Waals surface area (Å²) in [7, 11) is 0. The van der Waals surface area contributed by atoms with E-state index in [0.717, 1.165) is 36.3 Å². The van der Waals surface area contributed by atoms with E-state index < -0.39 is 0 Å². The number of hydrogen-bond donors (Lipinski definition) is 2. The Balaban J connectivity index is 1.72. The molecule has 3 rings (SSSR count). The van der Waals surface area contributed by atoms with Gasteiger partial charge in [-0.15, -0.1) is 0 Å². The minimum Gasteiger partial charge on any atom is -0.398 e. The number of carbonyl (C=O) groups excluding carboxylic acids is 1. The van der Waals surface area contributed by atoms with Gasteiger partial charge in [0, 0.05) is 30.3 Å². The second kappa shape index (κ2) is 5.78. The Morgan fingerprint density at radius 2 is 2.10 bits per heavy atom. The molecule has 6 nitrogen and oxygen atoms in total. The average molecular weight is 283 g/mol. The largest absolute Gasteiger partial charge is 0.398 e. The van der Waals surface area contributed by atoms with E-state index in [9.17, 15) is 4.79 Å². The summed E-state index contributed by atoms with van der Waals surface area (Å²) in [5, 5.41) is 2.70. The summed E-state index contributed by atoms with van der Waals surface area (Å²) in [6.07, 6.45) is 5.15. The topological polar surface area (TPSA) is 84.1 Å². The zero-order valence-corrected chi connectivity index (χ0v) is 11.6. The minimum absolute atomic E-state index is 0.128. The van der Waals surface area contributed by atoms with Gasteiger partial charge in [0.1, 0.15) is 0 Å². The van der Waals surface area contributed by atoms with Crippen LogP contribution in [-0.2, 0) is 11.2 Å². The molecular formula is C15H17N5O. The fraction of sp³-hybridized carbons (Fsp3) is 0.267. The molecule has 1 amide bonds. The molecule has 6 heteroatoms. The monoisotopic (exact) mass is 283 g/mol. The fourth-order valence-corrected chi connectivity index (χ4v) is 2.59. The van der Waals surface area contributed by atoms with Crippen molar-refractivity contribution in [1.29, 1.82) is 0 Å². The number of nitrogens with one attached hydrogen (secondary N) is 1. The van der Waals surface area contributed by atoms with Crippen LogP contribution in [0.1, 0.15) is 12.0 Å². The zero-order valence-electron chi connectivity index (χ0n) is 11.6. The maximum atomic E-state index is 12.1. The van der Waals surface area contributed by atoms with E-state index in [4.69, 9.17) is 5.73 Å². The number of aromatic nitrogens is 2. The molecule has 0 aliphatic carbocycles. The predicted octanol–water partition coefficient (Wildman–Crippen LogP) is 1.45. The molecule has 2 aromatic rings. The highest BCUT2D eigenvalue weighted by molar-refractivity contribution is 5.93. The Labute approximate surface area is 123 Å². The van der Waals surface area contributed by atoms with Crippen molar-refractivity contribution in [2.75, 3.05) is 29.0 Å². The van der Waals surface area contributed by atoms with Crippen LogP contribution in [0.4, 0.5) is 17.3 Å². The highest BCUT2D eigenvalue weighted by atomic mass is 16.2. The van der Waals surface area contributed by atoms with Crippen LogP contribution in [0.25, 0.3) is 0 Å². The number of rotatable bonds is 3. The molecule has 1 aromatic carbocycles. The Kier molecular flexibility index (Phi) is 3.68. The summed E-state index contributed by atoms with van der Waals surface area (Å²) < 4.78 is 0. The van der Waals surface area contributed by atoms with Gasteiger partial charge in [-0.2, -0.15) is 0 Å². The molecule has 21 heavy (non-hydrogen) atoms. The van der Waals surface area contributed by atoms with Crippen LogP contribution in [0.5, 0.6) is 0 Å². The van der Waals surface area contributed by atoms with Crippen molar-refractivity contribution < 1.29 is 4.79 Å². The number of amides is 1. The van der Waals surface area contributed by atoms with Crippen molar-refractivity contribution >= 4 is 23.2 Å². The maximum Gasteiger partial charge on any atom is 0.246 e. The molecule has 2 heterocycles. The highest BCUT2D eigenvalue weighted by Gasteiger charge is 2.20. The Morgan fingerprint density at radius 3 is 2.90 bits per heavy atom. The first-order chi connectivity index (χ1) is 10.2. The number of nitrogens with two attached hydrogens (primary N) is 1. The molecule has 1 aromatic heterocycles. The standard InChI is InChI=1S/C15H17N5O/c16-12-5-1-6-13-11(12)4-2-9-20(13)10-14(21)19-15-17-7-3-8-18-15/h1,3,5-8H,2,4,9-10,16H2,(H,17,18,19,21). The number of hydrogen-bond acceptors (Lipinski definition) is 5. The van der Waals surface area contributed by atoms with E-state index in [0.29, 0.717) is 5.95 Å². The van der Waals surface area contributed by atoms with Gasteiger partial charge >= 0.3 is 0 Å². The highest BCUT2D eigenvalue weighted by Crippen LogP contribution is 2.30. The van der Waals surface area contributed by atoms with Gasteiger partial charge in [-0.05, 0) is 36.6 Å². The third-order valence-corrected chi connectivity index (χ3v) is 3.53. The molecule has 0 atom stereocenters. The summed E-state index contributed by atoms with van der Waals surface area (Å²) in [6.45, 7) is 1.12. The number of fused-ring (bicyclic) bond motifs is 1. The van der Waals surface area contributed by atoms with Crippen molar-refractivity contribution in [3.8, 4) is 0 Å². The van der Waals surface area contributed by atoms with Gasteiger partial charge in [0.25, 0.3) is 0 Å². The summed E-state index contributed by atoms with van der Waals surface area (Å²) in [6, 6.07) is 7.54. The summed E-state index contributed by atoms with van der Waals surface area (Å²) in [4.78, 5) is 22.1. The van der Waals surface area contributed by atoms with Gasteiger partial charge in [0.2, 0.25) is 11.9 Å². The van der Waals surface area contributed by atoms with Gasteiger partial charge in [-0.25, -0.2) is 9.97 Å². The summed E-state index contributed by atoms with van der Waals surface area (Å²) in [5.41, 5.74) is 8.98.